The Balaban J connectivity index is 1.38. The average molecular weight is 419 g/mol. The van der Waals surface area contributed by atoms with E-state index in [0.717, 1.165) is 31.5 Å². The molecule has 2 aromatic carbocycles. The summed E-state index contributed by atoms with van der Waals surface area (Å²) in [4.78, 5) is 27.9. The first-order chi connectivity index (χ1) is 15.2. The van der Waals surface area contributed by atoms with Gasteiger partial charge in [0, 0.05) is 29.4 Å². The van der Waals surface area contributed by atoms with E-state index in [2.05, 4.69) is 29.3 Å². The van der Waals surface area contributed by atoms with Crippen LogP contribution in [0.3, 0.4) is 0 Å². The standard InChI is InChI=1S/C27H34N2O2/c1-2-3-7-20-11-17-24(18-12-20)28-26(30)22-13-15-23(16-14-22)27(31)29-19-6-9-21-8-4-5-10-25(21)29/h11-18,21,25H,2-10,19H2,1H3,(H,28,30)/t21-,25-/m0/s1. The van der Waals surface area contributed by atoms with Crippen molar-refractivity contribution in [3.63, 3.8) is 0 Å². The Morgan fingerprint density at radius 1 is 0.903 bits per heavy atom. The third kappa shape index (κ3) is 5.17. The molecule has 2 amide bonds. The molecule has 1 saturated heterocycles. The van der Waals surface area contributed by atoms with E-state index in [4.69, 9.17) is 0 Å². The molecule has 0 unspecified atom stereocenters. The van der Waals surface area contributed by atoms with Crippen LogP contribution in [0.5, 0.6) is 0 Å². The maximum absolute atomic E-state index is 13.2. The van der Waals surface area contributed by atoms with Crippen molar-refractivity contribution in [2.45, 2.75) is 70.8 Å². The van der Waals surface area contributed by atoms with Gasteiger partial charge in [-0.15, -0.1) is 0 Å². The maximum Gasteiger partial charge on any atom is 0.255 e. The summed E-state index contributed by atoms with van der Waals surface area (Å²) in [6.07, 6.45) is 10.7. The quantitative estimate of drug-likeness (QED) is 0.618. The predicted molar refractivity (Wildman–Crippen MR) is 125 cm³/mol. The normalized spacial score (nSPS) is 20.7. The molecule has 31 heavy (non-hydrogen) atoms. The van der Waals surface area contributed by atoms with Gasteiger partial charge in [-0.25, -0.2) is 0 Å². The third-order valence-electron chi connectivity index (χ3n) is 6.93. The lowest BCUT2D eigenvalue weighted by Crippen LogP contribution is -2.49. The summed E-state index contributed by atoms with van der Waals surface area (Å²) in [7, 11) is 0. The number of piperidine rings is 1. The first-order valence-corrected chi connectivity index (χ1v) is 12.0. The minimum absolute atomic E-state index is 0.117. The van der Waals surface area contributed by atoms with Gasteiger partial charge in [0.25, 0.3) is 11.8 Å². The van der Waals surface area contributed by atoms with Crippen LogP contribution in [0.4, 0.5) is 5.69 Å². The van der Waals surface area contributed by atoms with Crippen LogP contribution in [0.2, 0.25) is 0 Å². The molecule has 1 N–H and O–H groups in total. The summed E-state index contributed by atoms with van der Waals surface area (Å²) in [5.74, 6) is 0.640. The number of anilines is 1. The van der Waals surface area contributed by atoms with E-state index in [0.29, 0.717) is 23.1 Å². The minimum Gasteiger partial charge on any atom is -0.335 e. The van der Waals surface area contributed by atoms with Crippen molar-refractivity contribution in [3.8, 4) is 0 Å². The molecule has 0 bridgehead atoms. The highest BCUT2D eigenvalue weighted by Gasteiger charge is 2.35. The van der Waals surface area contributed by atoms with Gasteiger partial charge in [0.15, 0.2) is 0 Å². The van der Waals surface area contributed by atoms with E-state index in [1.807, 2.05) is 12.1 Å². The molecular formula is C27H34N2O2. The molecule has 0 spiro atoms. The molecule has 1 saturated carbocycles. The van der Waals surface area contributed by atoms with Crippen LogP contribution in [0.25, 0.3) is 0 Å². The van der Waals surface area contributed by atoms with Crippen LogP contribution >= 0.6 is 0 Å². The van der Waals surface area contributed by atoms with E-state index in [9.17, 15) is 9.59 Å². The number of benzene rings is 2. The lowest BCUT2D eigenvalue weighted by molar-refractivity contribution is 0.0390. The highest BCUT2D eigenvalue weighted by Crippen LogP contribution is 2.36. The molecule has 4 rings (SSSR count). The highest BCUT2D eigenvalue weighted by molar-refractivity contribution is 6.05. The van der Waals surface area contributed by atoms with Crippen molar-refractivity contribution in [1.29, 1.82) is 0 Å². The van der Waals surface area contributed by atoms with E-state index >= 15 is 0 Å². The molecular weight excluding hydrogens is 384 g/mol. The fourth-order valence-electron chi connectivity index (χ4n) is 5.15. The summed E-state index contributed by atoms with van der Waals surface area (Å²) in [5.41, 5.74) is 3.34. The van der Waals surface area contributed by atoms with E-state index in [1.165, 1.54) is 44.1 Å². The number of aryl methyl sites for hydroxylation is 1. The Bertz CT molecular complexity index is 886. The molecule has 2 fully saturated rings. The molecule has 2 aliphatic rings. The molecule has 164 valence electrons. The summed E-state index contributed by atoms with van der Waals surface area (Å²) in [5, 5.41) is 2.96. The number of fused-ring (bicyclic) bond motifs is 1. The Kier molecular flexibility index (Phi) is 7.06. The number of hydrogen-bond acceptors (Lipinski definition) is 2. The average Bonchev–Trinajstić information content (AvgIpc) is 2.83. The van der Waals surface area contributed by atoms with E-state index in [1.54, 1.807) is 24.3 Å². The number of carbonyl (C=O) groups excluding carboxylic acids is 2. The van der Waals surface area contributed by atoms with Gasteiger partial charge in [-0.05, 0) is 86.4 Å². The first kappa shape index (κ1) is 21.6. The van der Waals surface area contributed by atoms with Gasteiger partial charge in [-0.1, -0.05) is 38.3 Å². The zero-order chi connectivity index (χ0) is 21.6. The van der Waals surface area contributed by atoms with Crippen molar-refractivity contribution in [3.05, 3.63) is 65.2 Å². The minimum atomic E-state index is -0.148. The van der Waals surface area contributed by atoms with Crippen LogP contribution in [0.1, 0.15) is 84.6 Å². The van der Waals surface area contributed by atoms with Crippen molar-refractivity contribution >= 4 is 17.5 Å². The Morgan fingerprint density at radius 3 is 2.32 bits per heavy atom. The van der Waals surface area contributed by atoms with Crippen LogP contribution in [0.15, 0.2) is 48.5 Å². The smallest absolute Gasteiger partial charge is 0.255 e. The summed E-state index contributed by atoms with van der Waals surface area (Å²) < 4.78 is 0. The molecule has 4 nitrogen and oxygen atoms in total. The number of likely N-dealkylation sites (tertiary alicyclic amines) is 1. The number of carbonyl (C=O) groups is 2. The molecule has 2 atom stereocenters. The van der Waals surface area contributed by atoms with Crippen molar-refractivity contribution in [2.75, 3.05) is 11.9 Å². The number of nitrogens with one attached hydrogen (secondary N) is 1. The maximum atomic E-state index is 13.2. The summed E-state index contributed by atoms with van der Waals surface area (Å²) in [6.45, 7) is 3.04. The highest BCUT2D eigenvalue weighted by atomic mass is 16.2. The second-order valence-electron chi connectivity index (χ2n) is 9.08. The molecule has 1 heterocycles. The molecule has 1 aliphatic carbocycles. The van der Waals surface area contributed by atoms with Gasteiger partial charge >= 0.3 is 0 Å². The predicted octanol–water partition coefficient (Wildman–Crippen LogP) is 6.08. The fraction of sp³-hybridized carbons (Fsp3) is 0.481. The Hall–Kier alpha value is -2.62. The van der Waals surface area contributed by atoms with Crippen molar-refractivity contribution < 1.29 is 9.59 Å². The number of unbranched alkanes of at least 4 members (excludes halogenated alkanes) is 1. The number of nitrogens with zero attached hydrogens (tertiary/aromatic N) is 1. The second kappa shape index (κ2) is 10.1. The molecule has 4 heteroatoms. The van der Waals surface area contributed by atoms with Gasteiger partial charge in [0.2, 0.25) is 0 Å². The van der Waals surface area contributed by atoms with Crippen LogP contribution < -0.4 is 5.32 Å². The summed E-state index contributed by atoms with van der Waals surface area (Å²) >= 11 is 0. The molecule has 1 aliphatic heterocycles. The first-order valence-electron chi connectivity index (χ1n) is 12.0. The van der Waals surface area contributed by atoms with E-state index in [-0.39, 0.29) is 11.8 Å². The monoisotopic (exact) mass is 418 g/mol. The summed E-state index contributed by atoms with van der Waals surface area (Å²) in [6, 6.07) is 15.6. The van der Waals surface area contributed by atoms with Gasteiger partial charge in [-0.2, -0.15) is 0 Å². The lowest BCUT2D eigenvalue weighted by atomic mass is 9.78. The van der Waals surface area contributed by atoms with E-state index < -0.39 is 0 Å². The molecule has 0 radical (unpaired) electrons. The Morgan fingerprint density at radius 2 is 1.58 bits per heavy atom. The zero-order valence-electron chi connectivity index (χ0n) is 18.6. The van der Waals surface area contributed by atoms with Gasteiger partial charge in [0.1, 0.15) is 0 Å². The topological polar surface area (TPSA) is 49.4 Å². The van der Waals surface area contributed by atoms with Crippen LogP contribution in [-0.4, -0.2) is 29.3 Å². The number of hydrogen-bond donors (Lipinski definition) is 1. The van der Waals surface area contributed by atoms with Crippen LogP contribution in [0, 0.1) is 5.92 Å². The zero-order valence-corrected chi connectivity index (χ0v) is 18.6. The van der Waals surface area contributed by atoms with Gasteiger partial charge < -0.3 is 10.2 Å². The fourth-order valence-corrected chi connectivity index (χ4v) is 5.15. The Labute approximate surface area is 186 Å². The van der Waals surface area contributed by atoms with Crippen molar-refractivity contribution in [2.24, 2.45) is 5.92 Å². The second-order valence-corrected chi connectivity index (χ2v) is 9.08. The van der Waals surface area contributed by atoms with Crippen molar-refractivity contribution in [1.82, 2.24) is 4.90 Å². The third-order valence-corrected chi connectivity index (χ3v) is 6.93. The van der Waals surface area contributed by atoms with Crippen LogP contribution in [-0.2, 0) is 6.42 Å². The molecule has 2 aromatic rings. The van der Waals surface area contributed by atoms with Gasteiger partial charge in [-0.3, -0.25) is 9.59 Å². The van der Waals surface area contributed by atoms with Gasteiger partial charge in [0.05, 0.1) is 0 Å². The lowest BCUT2D eigenvalue weighted by Gasteiger charge is -2.44. The number of amides is 2. The SMILES string of the molecule is CCCCc1ccc(NC(=O)c2ccc(C(=O)N3CCC[C@@H]4CCCC[C@@H]43)cc2)cc1. The largest absolute Gasteiger partial charge is 0.335 e. The molecule has 0 aromatic heterocycles. The number of rotatable bonds is 6.